The summed E-state index contributed by atoms with van der Waals surface area (Å²) in [4.78, 5) is 11.7. The van der Waals surface area contributed by atoms with Gasteiger partial charge in [-0.3, -0.25) is 4.79 Å². The summed E-state index contributed by atoms with van der Waals surface area (Å²) in [5, 5.41) is 9.44. The van der Waals surface area contributed by atoms with Gasteiger partial charge in [0.1, 0.15) is 0 Å². The predicted molar refractivity (Wildman–Crippen MR) is 110 cm³/mol. The molecule has 0 unspecified atom stereocenters. The van der Waals surface area contributed by atoms with Crippen LogP contribution in [-0.4, -0.2) is 39.1 Å². The van der Waals surface area contributed by atoms with Crippen LogP contribution in [0.2, 0.25) is 0 Å². The molecule has 0 aliphatic heterocycles. The van der Waals surface area contributed by atoms with Crippen LogP contribution in [0.3, 0.4) is 0 Å². The van der Waals surface area contributed by atoms with Crippen LogP contribution >= 0.6 is 0 Å². The van der Waals surface area contributed by atoms with Crippen LogP contribution in [0.1, 0.15) is 96.8 Å². The zero-order valence-electron chi connectivity index (χ0n) is 17.1. The maximum absolute atomic E-state index is 11.7. The standard InChI is InChI=1S/C21H45N3O/c1-3-4-5-6-7-8-9-10-11-12-13-14-19-24-21(25)16-20-23-18-15-17-22-2/h22-23H,3-20H2,1-2H3,(H,24,25). The average Bonchev–Trinajstić information content (AvgIpc) is 2.62. The second kappa shape index (κ2) is 21.4. The molecule has 1 amide bonds. The minimum absolute atomic E-state index is 0.184. The molecule has 0 atom stereocenters. The molecule has 0 aromatic carbocycles. The summed E-state index contributed by atoms with van der Waals surface area (Å²) in [7, 11) is 1.96. The van der Waals surface area contributed by atoms with Gasteiger partial charge in [-0.05, 0) is 33.0 Å². The first-order valence-electron chi connectivity index (χ1n) is 10.9. The largest absolute Gasteiger partial charge is 0.356 e. The highest BCUT2D eigenvalue weighted by molar-refractivity contribution is 5.75. The summed E-state index contributed by atoms with van der Waals surface area (Å²) in [5.41, 5.74) is 0. The number of amides is 1. The minimum Gasteiger partial charge on any atom is -0.356 e. The van der Waals surface area contributed by atoms with Gasteiger partial charge in [-0.2, -0.15) is 0 Å². The zero-order valence-corrected chi connectivity index (χ0v) is 17.1. The third kappa shape index (κ3) is 21.3. The van der Waals surface area contributed by atoms with E-state index in [1.165, 1.54) is 70.6 Å². The smallest absolute Gasteiger partial charge is 0.221 e. The maximum Gasteiger partial charge on any atom is 0.221 e. The normalized spacial score (nSPS) is 11.0. The van der Waals surface area contributed by atoms with Gasteiger partial charge < -0.3 is 16.0 Å². The highest BCUT2D eigenvalue weighted by Gasteiger charge is 2.00. The van der Waals surface area contributed by atoms with Gasteiger partial charge in [0.2, 0.25) is 5.91 Å². The average molecular weight is 356 g/mol. The number of rotatable bonds is 20. The van der Waals surface area contributed by atoms with Crippen LogP contribution in [0, 0.1) is 0 Å². The number of nitrogens with one attached hydrogen (secondary N) is 3. The molecular weight excluding hydrogens is 310 g/mol. The van der Waals surface area contributed by atoms with Gasteiger partial charge >= 0.3 is 0 Å². The monoisotopic (exact) mass is 355 g/mol. The number of hydrogen-bond acceptors (Lipinski definition) is 3. The van der Waals surface area contributed by atoms with E-state index in [-0.39, 0.29) is 5.91 Å². The fourth-order valence-corrected chi connectivity index (χ4v) is 3.00. The minimum atomic E-state index is 0.184. The summed E-state index contributed by atoms with van der Waals surface area (Å²) in [6.45, 7) is 5.91. The van der Waals surface area contributed by atoms with Crippen molar-refractivity contribution in [2.24, 2.45) is 0 Å². The number of unbranched alkanes of at least 4 members (excludes halogenated alkanes) is 11. The van der Waals surface area contributed by atoms with E-state index in [9.17, 15) is 4.79 Å². The quantitative estimate of drug-likeness (QED) is 0.284. The maximum atomic E-state index is 11.7. The first kappa shape index (κ1) is 24.4. The van der Waals surface area contributed by atoms with Crippen LogP contribution in [0.15, 0.2) is 0 Å². The molecule has 0 aromatic rings. The molecule has 4 heteroatoms. The van der Waals surface area contributed by atoms with Crippen LogP contribution in [0.25, 0.3) is 0 Å². The number of carbonyl (C=O) groups is 1. The molecular formula is C21H45N3O. The van der Waals surface area contributed by atoms with Gasteiger partial charge in [-0.25, -0.2) is 0 Å². The molecule has 0 rings (SSSR count). The Morgan fingerprint density at radius 1 is 0.640 bits per heavy atom. The van der Waals surface area contributed by atoms with Crippen LogP contribution in [-0.2, 0) is 4.79 Å². The number of hydrogen-bond donors (Lipinski definition) is 3. The highest BCUT2D eigenvalue weighted by Crippen LogP contribution is 2.11. The third-order valence-electron chi connectivity index (χ3n) is 4.66. The van der Waals surface area contributed by atoms with E-state index in [0.717, 1.165) is 39.0 Å². The summed E-state index contributed by atoms with van der Waals surface area (Å²) >= 11 is 0. The van der Waals surface area contributed by atoms with Crippen molar-refractivity contribution in [3.05, 3.63) is 0 Å². The van der Waals surface area contributed by atoms with Gasteiger partial charge in [-0.1, -0.05) is 77.6 Å². The van der Waals surface area contributed by atoms with Crippen molar-refractivity contribution in [2.45, 2.75) is 96.8 Å². The molecule has 0 heterocycles. The van der Waals surface area contributed by atoms with Crippen molar-refractivity contribution in [3.8, 4) is 0 Å². The summed E-state index contributed by atoms with van der Waals surface area (Å²) in [6.07, 6.45) is 18.0. The lowest BCUT2D eigenvalue weighted by molar-refractivity contribution is -0.121. The molecule has 3 N–H and O–H groups in total. The van der Waals surface area contributed by atoms with E-state index in [4.69, 9.17) is 0 Å². The topological polar surface area (TPSA) is 53.2 Å². The van der Waals surface area contributed by atoms with E-state index in [1.54, 1.807) is 0 Å². The van der Waals surface area contributed by atoms with Crippen molar-refractivity contribution < 1.29 is 4.79 Å². The first-order chi connectivity index (χ1) is 12.3. The van der Waals surface area contributed by atoms with Crippen molar-refractivity contribution in [1.29, 1.82) is 0 Å². The van der Waals surface area contributed by atoms with Gasteiger partial charge in [0.25, 0.3) is 0 Å². The molecule has 0 aliphatic carbocycles. The Morgan fingerprint density at radius 3 is 1.76 bits per heavy atom. The van der Waals surface area contributed by atoms with E-state index in [2.05, 4.69) is 22.9 Å². The van der Waals surface area contributed by atoms with E-state index >= 15 is 0 Å². The van der Waals surface area contributed by atoms with Crippen molar-refractivity contribution in [1.82, 2.24) is 16.0 Å². The number of carbonyl (C=O) groups excluding carboxylic acids is 1. The summed E-state index contributed by atoms with van der Waals surface area (Å²) in [6, 6.07) is 0. The fraction of sp³-hybridized carbons (Fsp3) is 0.952. The molecule has 0 aliphatic rings. The Hall–Kier alpha value is -0.610. The van der Waals surface area contributed by atoms with Crippen molar-refractivity contribution in [2.75, 3.05) is 33.2 Å². The summed E-state index contributed by atoms with van der Waals surface area (Å²) in [5.74, 6) is 0.184. The highest BCUT2D eigenvalue weighted by atomic mass is 16.1. The molecule has 0 fully saturated rings. The summed E-state index contributed by atoms with van der Waals surface area (Å²) < 4.78 is 0. The van der Waals surface area contributed by atoms with Crippen molar-refractivity contribution in [3.63, 3.8) is 0 Å². The lowest BCUT2D eigenvalue weighted by Crippen LogP contribution is -2.29. The van der Waals surface area contributed by atoms with Gasteiger partial charge in [0.05, 0.1) is 0 Å². The molecule has 0 aromatic heterocycles. The van der Waals surface area contributed by atoms with Crippen molar-refractivity contribution >= 4 is 5.91 Å². The van der Waals surface area contributed by atoms with E-state index in [0.29, 0.717) is 6.42 Å². The Bertz CT molecular complexity index is 272. The molecule has 0 bridgehead atoms. The molecule has 4 nitrogen and oxygen atoms in total. The third-order valence-corrected chi connectivity index (χ3v) is 4.66. The molecule has 0 saturated heterocycles. The Kier molecular flexibility index (Phi) is 20.9. The fourth-order valence-electron chi connectivity index (χ4n) is 3.00. The first-order valence-corrected chi connectivity index (χ1v) is 10.9. The second-order valence-electron chi connectivity index (χ2n) is 7.20. The second-order valence-corrected chi connectivity index (χ2v) is 7.20. The zero-order chi connectivity index (χ0) is 18.4. The Labute approximate surface area is 157 Å². The Balaban J connectivity index is 3.11. The molecule has 0 saturated carbocycles. The lowest BCUT2D eigenvalue weighted by atomic mass is 10.1. The predicted octanol–water partition coefficient (Wildman–Crippen LogP) is 4.39. The van der Waals surface area contributed by atoms with E-state index in [1.807, 2.05) is 7.05 Å². The molecule has 150 valence electrons. The van der Waals surface area contributed by atoms with Crippen LogP contribution < -0.4 is 16.0 Å². The van der Waals surface area contributed by atoms with Gasteiger partial charge in [-0.15, -0.1) is 0 Å². The SMILES string of the molecule is CCCCCCCCCCCCCCNC(=O)CCNCCCNC. The molecule has 0 spiro atoms. The van der Waals surface area contributed by atoms with E-state index < -0.39 is 0 Å². The lowest BCUT2D eigenvalue weighted by Gasteiger charge is -2.07. The molecule has 0 radical (unpaired) electrons. The molecule has 25 heavy (non-hydrogen) atoms. The van der Waals surface area contributed by atoms with Gasteiger partial charge in [0.15, 0.2) is 0 Å². The van der Waals surface area contributed by atoms with Crippen LogP contribution in [0.5, 0.6) is 0 Å². The Morgan fingerprint density at radius 2 is 1.20 bits per heavy atom. The van der Waals surface area contributed by atoms with Gasteiger partial charge in [0, 0.05) is 19.5 Å². The van der Waals surface area contributed by atoms with Crippen LogP contribution in [0.4, 0.5) is 0 Å².